The fourth-order valence-corrected chi connectivity index (χ4v) is 1.50. The number of aliphatic hydroxyl groups is 1. The molecular formula is C13H13FN2O. The topological polar surface area (TPSA) is 45.1 Å². The third kappa shape index (κ3) is 3.01. The van der Waals surface area contributed by atoms with Crippen molar-refractivity contribution in [1.29, 1.82) is 0 Å². The molecule has 1 heterocycles. The summed E-state index contributed by atoms with van der Waals surface area (Å²) in [6.07, 6.45) is 2.53. The molecule has 0 spiro atoms. The van der Waals surface area contributed by atoms with Gasteiger partial charge >= 0.3 is 0 Å². The summed E-state index contributed by atoms with van der Waals surface area (Å²) in [7, 11) is 0. The lowest BCUT2D eigenvalue weighted by atomic mass is 10.1. The number of aliphatic hydroxyl groups excluding tert-OH is 1. The number of hydrogen-bond acceptors (Lipinski definition) is 3. The van der Waals surface area contributed by atoms with E-state index in [1.807, 2.05) is 0 Å². The number of rotatable bonds is 4. The Kier molecular flexibility index (Phi) is 3.67. The van der Waals surface area contributed by atoms with Crippen molar-refractivity contribution in [3.8, 4) is 0 Å². The maximum atomic E-state index is 13.3. The van der Waals surface area contributed by atoms with Gasteiger partial charge in [-0.1, -0.05) is 18.2 Å². The predicted octanol–water partition coefficient (Wildman–Crippen LogP) is 2.37. The fraction of sp³-hybridized carbons (Fsp3) is 0.154. The van der Waals surface area contributed by atoms with E-state index in [2.05, 4.69) is 10.3 Å². The van der Waals surface area contributed by atoms with Crippen LogP contribution in [0.1, 0.15) is 11.7 Å². The molecule has 1 atom stereocenters. The van der Waals surface area contributed by atoms with Crippen molar-refractivity contribution in [1.82, 2.24) is 4.98 Å². The molecule has 88 valence electrons. The quantitative estimate of drug-likeness (QED) is 0.850. The Bertz CT molecular complexity index is 476. The number of nitrogens with one attached hydrogen (secondary N) is 1. The second kappa shape index (κ2) is 5.41. The number of nitrogens with zero attached hydrogens (tertiary/aromatic N) is 1. The van der Waals surface area contributed by atoms with E-state index in [4.69, 9.17) is 0 Å². The number of aromatic nitrogens is 1. The lowest BCUT2D eigenvalue weighted by molar-refractivity contribution is 0.191. The summed E-state index contributed by atoms with van der Waals surface area (Å²) >= 11 is 0. The molecule has 0 bridgehead atoms. The first-order chi connectivity index (χ1) is 8.27. The van der Waals surface area contributed by atoms with Crippen LogP contribution in [0.4, 0.5) is 10.1 Å². The maximum Gasteiger partial charge on any atom is 0.146 e. The number of benzene rings is 1. The Morgan fingerprint density at radius 3 is 2.76 bits per heavy atom. The lowest BCUT2D eigenvalue weighted by Crippen LogP contribution is -2.13. The van der Waals surface area contributed by atoms with Crippen LogP contribution in [-0.4, -0.2) is 16.6 Å². The van der Waals surface area contributed by atoms with Crippen molar-refractivity contribution in [2.75, 3.05) is 11.9 Å². The van der Waals surface area contributed by atoms with Crippen LogP contribution in [0.5, 0.6) is 0 Å². The highest BCUT2D eigenvalue weighted by Gasteiger charge is 2.08. The number of halogens is 1. The third-order valence-electron chi connectivity index (χ3n) is 2.43. The first-order valence-corrected chi connectivity index (χ1v) is 5.34. The molecule has 0 aliphatic rings. The number of hydrogen-bond donors (Lipinski definition) is 2. The Morgan fingerprint density at radius 2 is 2.06 bits per heavy atom. The van der Waals surface area contributed by atoms with Gasteiger partial charge in [0.2, 0.25) is 0 Å². The van der Waals surface area contributed by atoms with E-state index in [-0.39, 0.29) is 12.4 Å². The standard InChI is InChI=1S/C13H13FN2O/c14-11-5-1-2-6-12(11)16-9-13(17)10-4-3-7-15-8-10/h1-8,13,16-17H,9H2. The van der Waals surface area contributed by atoms with Gasteiger partial charge in [0.1, 0.15) is 5.82 Å². The van der Waals surface area contributed by atoms with E-state index in [1.165, 1.54) is 6.07 Å². The molecule has 1 aromatic heterocycles. The van der Waals surface area contributed by atoms with E-state index >= 15 is 0 Å². The first-order valence-electron chi connectivity index (χ1n) is 5.34. The van der Waals surface area contributed by atoms with Crippen LogP contribution in [0.15, 0.2) is 48.8 Å². The van der Waals surface area contributed by atoms with Gasteiger partial charge in [-0.3, -0.25) is 4.98 Å². The smallest absolute Gasteiger partial charge is 0.146 e. The van der Waals surface area contributed by atoms with E-state index < -0.39 is 6.10 Å². The van der Waals surface area contributed by atoms with Crippen LogP contribution in [-0.2, 0) is 0 Å². The van der Waals surface area contributed by atoms with E-state index in [9.17, 15) is 9.50 Å². The van der Waals surface area contributed by atoms with Gasteiger partial charge in [0.25, 0.3) is 0 Å². The minimum atomic E-state index is -0.705. The highest BCUT2D eigenvalue weighted by molar-refractivity contribution is 5.44. The minimum Gasteiger partial charge on any atom is -0.387 e. The molecule has 4 heteroatoms. The van der Waals surface area contributed by atoms with Crippen molar-refractivity contribution in [2.45, 2.75) is 6.10 Å². The normalized spacial score (nSPS) is 12.1. The van der Waals surface area contributed by atoms with Crippen molar-refractivity contribution >= 4 is 5.69 Å². The van der Waals surface area contributed by atoms with Crippen LogP contribution < -0.4 is 5.32 Å². The van der Waals surface area contributed by atoms with E-state index in [1.54, 1.807) is 42.7 Å². The Hall–Kier alpha value is -1.94. The van der Waals surface area contributed by atoms with E-state index in [0.717, 1.165) is 0 Å². The lowest BCUT2D eigenvalue weighted by Gasteiger charge is -2.13. The zero-order valence-electron chi connectivity index (χ0n) is 9.18. The molecule has 3 nitrogen and oxygen atoms in total. The predicted molar refractivity (Wildman–Crippen MR) is 64.1 cm³/mol. The average Bonchev–Trinajstić information content (AvgIpc) is 2.38. The van der Waals surface area contributed by atoms with Crippen molar-refractivity contribution in [2.24, 2.45) is 0 Å². The van der Waals surface area contributed by atoms with Crippen LogP contribution in [0.2, 0.25) is 0 Å². The summed E-state index contributed by atoms with van der Waals surface area (Å²) < 4.78 is 13.3. The molecule has 0 aliphatic heterocycles. The molecule has 0 radical (unpaired) electrons. The zero-order valence-corrected chi connectivity index (χ0v) is 9.18. The molecule has 1 aromatic carbocycles. The molecular weight excluding hydrogens is 219 g/mol. The van der Waals surface area contributed by atoms with Crippen molar-refractivity contribution in [3.05, 3.63) is 60.2 Å². The van der Waals surface area contributed by atoms with Crippen LogP contribution in [0.25, 0.3) is 0 Å². The molecule has 2 N–H and O–H groups in total. The Labute approximate surface area is 98.9 Å². The first kappa shape index (κ1) is 11.5. The van der Waals surface area contributed by atoms with Crippen LogP contribution in [0.3, 0.4) is 0 Å². The SMILES string of the molecule is OC(CNc1ccccc1F)c1cccnc1. The molecule has 2 aromatic rings. The summed E-state index contributed by atoms with van der Waals surface area (Å²) in [5.74, 6) is -0.328. The van der Waals surface area contributed by atoms with Gasteiger partial charge in [0, 0.05) is 24.5 Å². The summed E-state index contributed by atoms with van der Waals surface area (Å²) in [6.45, 7) is 0.243. The molecule has 1 unspecified atom stereocenters. The summed E-state index contributed by atoms with van der Waals surface area (Å²) in [4.78, 5) is 3.92. The van der Waals surface area contributed by atoms with Gasteiger partial charge in [-0.05, 0) is 18.2 Å². The largest absolute Gasteiger partial charge is 0.387 e. The number of pyridine rings is 1. The minimum absolute atomic E-state index is 0.243. The van der Waals surface area contributed by atoms with Gasteiger partial charge in [-0.25, -0.2) is 4.39 Å². The van der Waals surface area contributed by atoms with Gasteiger partial charge in [-0.2, -0.15) is 0 Å². The number of anilines is 1. The third-order valence-corrected chi connectivity index (χ3v) is 2.43. The van der Waals surface area contributed by atoms with Crippen molar-refractivity contribution < 1.29 is 9.50 Å². The molecule has 0 amide bonds. The molecule has 2 rings (SSSR count). The van der Waals surface area contributed by atoms with E-state index in [0.29, 0.717) is 11.3 Å². The van der Waals surface area contributed by atoms with Crippen molar-refractivity contribution in [3.63, 3.8) is 0 Å². The molecule has 0 saturated carbocycles. The highest BCUT2D eigenvalue weighted by Crippen LogP contribution is 2.15. The molecule has 0 saturated heterocycles. The van der Waals surface area contributed by atoms with Gasteiger partial charge < -0.3 is 10.4 Å². The average molecular weight is 232 g/mol. The van der Waals surface area contributed by atoms with Gasteiger partial charge in [0.05, 0.1) is 11.8 Å². The van der Waals surface area contributed by atoms with Gasteiger partial charge in [-0.15, -0.1) is 0 Å². The summed E-state index contributed by atoms with van der Waals surface area (Å²) in [6, 6.07) is 9.90. The zero-order chi connectivity index (χ0) is 12.1. The monoisotopic (exact) mass is 232 g/mol. The Morgan fingerprint density at radius 1 is 1.24 bits per heavy atom. The highest BCUT2D eigenvalue weighted by atomic mass is 19.1. The summed E-state index contributed by atoms with van der Waals surface area (Å²) in [5.41, 5.74) is 1.09. The number of para-hydroxylation sites is 1. The van der Waals surface area contributed by atoms with Crippen LogP contribution in [0, 0.1) is 5.82 Å². The molecule has 0 aliphatic carbocycles. The second-order valence-corrected chi connectivity index (χ2v) is 3.66. The Balaban J connectivity index is 1.97. The van der Waals surface area contributed by atoms with Gasteiger partial charge in [0.15, 0.2) is 0 Å². The summed E-state index contributed by atoms with van der Waals surface area (Å²) in [5, 5.41) is 12.7. The fourth-order valence-electron chi connectivity index (χ4n) is 1.50. The molecule has 17 heavy (non-hydrogen) atoms. The van der Waals surface area contributed by atoms with Crippen LogP contribution >= 0.6 is 0 Å². The molecule has 0 fully saturated rings. The maximum absolute atomic E-state index is 13.3. The second-order valence-electron chi connectivity index (χ2n) is 3.66.